The first-order valence-corrected chi connectivity index (χ1v) is 9.16. The lowest BCUT2D eigenvalue weighted by molar-refractivity contribution is 0.0701. The van der Waals surface area contributed by atoms with Gasteiger partial charge >= 0.3 is 5.97 Å². The quantitative estimate of drug-likeness (QED) is 0.531. The van der Waals surface area contributed by atoms with Crippen molar-refractivity contribution in [2.45, 2.75) is 19.3 Å². The number of fused-ring (bicyclic) bond motifs is 1. The van der Waals surface area contributed by atoms with Gasteiger partial charge in [-0.15, -0.1) is 0 Å². The second kappa shape index (κ2) is 7.56. The van der Waals surface area contributed by atoms with E-state index in [0.717, 1.165) is 17.5 Å². The smallest absolute Gasteiger partial charge is 0.379 e. The molecule has 1 aliphatic rings. The Bertz CT molecular complexity index is 1120. The number of esters is 1. The van der Waals surface area contributed by atoms with E-state index < -0.39 is 5.97 Å². The summed E-state index contributed by atoms with van der Waals surface area (Å²) in [4.78, 5) is 12.1. The summed E-state index contributed by atoms with van der Waals surface area (Å²) in [5.41, 5.74) is 9.30. The fourth-order valence-corrected chi connectivity index (χ4v) is 3.34. The fraction of sp³-hybridized carbons (Fsp3) is 0.130. The standard InChI is InChI=1S/C23H18N2O4/c1-2-14-5-7-15(8-6-14)21-17-10-9-16(28-23(26)19-4-3-11-27-19)12-20(17)29-22(25)18(21)13-24/h3-12,21H,2,25H2,1H3. The van der Waals surface area contributed by atoms with Gasteiger partial charge in [0.05, 0.1) is 12.2 Å². The largest absolute Gasteiger partial charge is 0.457 e. The Morgan fingerprint density at radius 1 is 1.21 bits per heavy atom. The van der Waals surface area contributed by atoms with E-state index in [1.54, 1.807) is 24.3 Å². The molecule has 0 fully saturated rings. The monoisotopic (exact) mass is 386 g/mol. The van der Waals surface area contributed by atoms with Crippen molar-refractivity contribution < 1.29 is 18.7 Å². The molecule has 29 heavy (non-hydrogen) atoms. The first-order valence-electron chi connectivity index (χ1n) is 9.16. The van der Waals surface area contributed by atoms with Crippen LogP contribution in [-0.4, -0.2) is 5.97 Å². The van der Waals surface area contributed by atoms with E-state index in [4.69, 9.17) is 19.6 Å². The molecule has 1 unspecified atom stereocenters. The minimum atomic E-state index is -0.612. The first-order chi connectivity index (χ1) is 14.1. The van der Waals surface area contributed by atoms with Gasteiger partial charge in [-0.1, -0.05) is 37.3 Å². The maximum atomic E-state index is 12.1. The number of carbonyl (C=O) groups is 1. The average Bonchev–Trinajstić information content (AvgIpc) is 3.28. The van der Waals surface area contributed by atoms with Crippen LogP contribution in [0.4, 0.5) is 0 Å². The van der Waals surface area contributed by atoms with Gasteiger partial charge < -0.3 is 19.6 Å². The second-order valence-electron chi connectivity index (χ2n) is 6.59. The molecule has 3 aromatic rings. The molecule has 0 bridgehead atoms. The van der Waals surface area contributed by atoms with Crippen LogP contribution in [0.25, 0.3) is 0 Å². The van der Waals surface area contributed by atoms with Crippen LogP contribution in [0.5, 0.6) is 11.5 Å². The van der Waals surface area contributed by atoms with Crippen LogP contribution in [-0.2, 0) is 6.42 Å². The Balaban J connectivity index is 1.70. The maximum Gasteiger partial charge on any atom is 0.379 e. The zero-order valence-corrected chi connectivity index (χ0v) is 15.7. The normalized spacial score (nSPS) is 15.2. The van der Waals surface area contributed by atoms with Crippen molar-refractivity contribution in [3.63, 3.8) is 0 Å². The third kappa shape index (κ3) is 3.46. The van der Waals surface area contributed by atoms with E-state index in [1.807, 2.05) is 24.3 Å². The molecule has 6 heteroatoms. The van der Waals surface area contributed by atoms with Gasteiger partial charge in [0, 0.05) is 11.6 Å². The topological polar surface area (TPSA) is 98.5 Å². The summed E-state index contributed by atoms with van der Waals surface area (Å²) in [6, 6.07) is 18.4. The van der Waals surface area contributed by atoms with E-state index in [9.17, 15) is 10.1 Å². The van der Waals surface area contributed by atoms with E-state index in [2.05, 4.69) is 13.0 Å². The Kier molecular flexibility index (Phi) is 4.80. The lowest BCUT2D eigenvalue weighted by Gasteiger charge is -2.26. The van der Waals surface area contributed by atoms with Crippen molar-refractivity contribution in [2.24, 2.45) is 5.73 Å². The van der Waals surface area contributed by atoms with Gasteiger partial charge in [-0.05, 0) is 35.7 Å². The second-order valence-corrected chi connectivity index (χ2v) is 6.59. The molecule has 2 aromatic carbocycles. The number of nitrogens with zero attached hydrogens (tertiary/aromatic N) is 1. The molecule has 0 spiro atoms. The predicted octanol–water partition coefficient (Wildman–Crippen LogP) is 4.28. The van der Waals surface area contributed by atoms with Crippen LogP contribution in [0, 0.1) is 11.3 Å². The van der Waals surface area contributed by atoms with Gasteiger partial charge in [-0.3, -0.25) is 0 Å². The summed E-state index contributed by atoms with van der Waals surface area (Å²) in [5.74, 6) is -0.0970. The van der Waals surface area contributed by atoms with Crippen molar-refractivity contribution in [1.29, 1.82) is 5.26 Å². The predicted molar refractivity (Wildman–Crippen MR) is 105 cm³/mol. The lowest BCUT2D eigenvalue weighted by Crippen LogP contribution is -2.21. The molecule has 0 aliphatic carbocycles. The molecule has 1 aliphatic heterocycles. The molecule has 6 nitrogen and oxygen atoms in total. The lowest BCUT2D eigenvalue weighted by atomic mass is 9.83. The number of rotatable bonds is 4. The number of nitriles is 1. The number of carbonyl (C=O) groups excluding carboxylic acids is 1. The molecule has 2 N–H and O–H groups in total. The molecule has 1 aromatic heterocycles. The molecule has 1 atom stereocenters. The summed E-state index contributed by atoms with van der Waals surface area (Å²) in [6.07, 6.45) is 2.33. The molecule has 0 saturated heterocycles. The Morgan fingerprint density at radius 3 is 2.66 bits per heavy atom. The van der Waals surface area contributed by atoms with Crippen molar-refractivity contribution >= 4 is 5.97 Å². The number of allylic oxidation sites excluding steroid dienone is 1. The molecule has 0 amide bonds. The number of ether oxygens (including phenoxy) is 2. The zero-order valence-electron chi connectivity index (χ0n) is 15.7. The van der Waals surface area contributed by atoms with E-state index >= 15 is 0 Å². The molecule has 144 valence electrons. The number of nitrogens with two attached hydrogens (primary N) is 1. The van der Waals surface area contributed by atoms with Gasteiger partial charge in [0.15, 0.2) is 0 Å². The molecule has 0 saturated carbocycles. The number of hydrogen-bond donors (Lipinski definition) is 1. The molecule has 4 rings (SSSR count). The van der Waals surface area contributed by atoms with E-state index in [0.29, 0.717) is 17.1 Å². The number of furan rings is 1. The Morgan fingerprint density at radius 2 is 2.00 bits per heavy atom. The molecular weight excluding hydrogens is 368 g/mol. The van der Waals surface area contributed by atoms with Crippen LogP contribution in [0.3, 0.4) is 0 Å². The van der Waals surface area contributed by atoms with Crippen molar-refractivity contribution in [3.05, 3.63) is 94.8 Å². The molecule has 2 heterocycles. The third-order valence-electron chi connectivity index (χ3n) is 4.84. The Hall–Kier alpha value is -3.98. The van der Waals surface area contributed by atoms with Crippen LogP contribution >= 0.6 is 0 Å². The SMILES string of the molecule is CCc1ccc(C2C(C#N)=C(N)Oc3cc(OC(=O)c4ccco4)ccc32)cc1. The highest BCUT2D eigenvalue weighted by molar-refractivity contribution is 5.88. The fourth-order valence-electron chi connectivity index (χ4n) is 3.34. The first kappa shape index (κ1) is 18.4. The average molecular weight is 386 g/mol. The highest BCUT2D eigenvalue weighted by atomic mass is 16.5. The van der Waals surface area contributed by atoms with Gasteiger partial charge in [0.25, 0.3) is 0 Å². The number of aryl methyl sites for hydroxylation is 1. The summed E-state index contributed by atoms with van der Waals surface area (Å²) >= 11 is 0. The minimum absolute atomic E-state index is 0.0408. The summed E-state index contributed by atoms with van der Waals surface area (Å²) < 4.78 is 16.1. The summed E-state index contributed by atoms with van der Waals surface area (Å²) in [5, 5.41) is 9.65. The van der Waals surface area contributed by atoms with Gasteiger partial charge in [-0.25, -0.2) is 4.79 Å². The van der Waals surface area contributed by atoms with Crippen LogP contribution < -0.4 is 15.2 Å². The third-order valence-corrected chi connectivity index (χ3v) is 4.84. The van der Waals surface area contributed by atoms with Crippen LogP contribution in [0.1, 0.15) is 40.1 Å². The number of hydrogen-bond acceptors (Lipinski definition) is 6. The van der Waals surface area contributed by atoms with Crippen LogP contribution in [0.15, 0.2) is 76.7 Å². The highest BCUT2D eigenvalue weighted by Gasteiger charge is 2.31. The van der Waals surface area contributed by atoms with Crippen molar-refractivity contribution in [3.8, 4) is 17.6 Å². The number of benzene rings is 2. The van der Waals surface area contributed by atoms with Gasteiger partial charge in [-0.2, -0.15) is 5.26 Å². The van der Waals surface area contributed by atoms with Crippen LogP contribution in [0.2, 0.25) is 0 Å². The van der Waals surface area contributed by atoms with E-state index in [-0.39, 0.29) is 17.6 Å². The van der Waals surface area contributed by atoms with Gasteiger partial charge in [0.2, 0.25) is 11.6 Å². The maximum absolute atomic E-state index is 12.1. The molecular formula is C23H18N2O4. The van der Waals surface area contributed by atoms with Crippen molar-refractivity contribution in [2.75, 3.05) is 0 Å². The van der Waals surface area contributed by atoms with Crippen molar-refractivity contribution in [1.82, 2.24) is 0 Å². The Labute approximate surface area is 167 Å². The zero-order chi connectivity index (χ0) is 20.4. The van der Waals surface area contributed by atoms with Gasteiger partial charge in [0.1, 0.15) is 23.1 Å². The molecule has 0 radical (unpaired) electrons. The minimum Gasteiger partial charge on any atom is -0.457 e. The van der Waals surface area contributed by atoms with E-state index in [1.165, 1.54) is 17.9 Å². The highest BCUT2D eigenvalue weighted by Crippen LogP contribution is 2.43. The summed E-state index contributed by atoms with van der Waals surface area (Å²) in [6.45, 7) is 2.09. The summed E-state index contributed by atoms with van der Waals surface area (Å²) in [7, 11) is 0.